The van der Waals surface area contributed by atoms with Crippen LogP contribution < -0.4 is 9.35 Å². The third-order valence-electron chi connectivity index (χ3n) is 4.30. The van der Waals surface area contributed by atoms with Crippen molar-refractivity contribution in [2.75, 3.05) is 7.11 Å². The molecule has 0 unspecified atom stereocenters. The number of rotatable bonds is 5. The van der Waals surface area contributed by atoms with E-state index in [1.165, 1.54) is 15.8 Å². The van der Waals surface area contributed by atoms with Gasteiger partial charge in [0.2, 0.25) is 0 Å². The normalized spacial score (nSPS) is 11.6. The van der Waals surface area contributed by atoms with Crippen molar-refractivity contribution in [1.82, 2.24) is 20.2 Å². The van der Waals surface area contributed by atoms with Gasteiger partial charge in [0.15, 0.2) is 0 Å². The van der Waals surface area contributed by atoms with Crippen LogP contribution in [0.3, 0.4) is 0 Å². The second kappa shape index (κ2) is 8.27. The molecule has 141 valence electrons. The molecule has 0 aliphatic heterocycles. The van der Waals surface area contributed by atoms with E-state index in [9.17, 15) is 0 Å². The van der Waals surface area contributed by atoms with Crippen LogP contribution in [-0.4, -0.2) is 43.0 Å². The molecule has 0 bridgehead atoms. The van der Waals surface area contributed by atoms with Crippen molar-refractivity contribution in [3.63, 3.8) is 0 Å². The molecule has 0 aliphatic rings. The second-order valence-corrected chi connectivity index (χ2v) is 10.5. The summed E-state index contributed by atoms with van der Waals surface area (Å²) in [6.45, 7) is 4.19. The Labute approximate surface area is 182 Å². The SMILES string of the molecule is COc1ccc2sc(C[As]c3nncc(-c4c(C)cc(Br)cc4C)n3)nc2c1. The molecule has 0 saturated carbocycles. The zero-order valence-electron chi connectivity index (χ0n) is 15.6. The van der Waals surface area contributed by atoms with E-state index >= 15 is 0 Å². The van der Waals surface area contributed by atoms with Crippen LogP contribution in [0, 0.1) is 13.8 Å². The number of halogens is 1. The third-order valence-corrected chi connectivity index (χ3v) is 8.21. The van der Waals surface area contributed by atoms with Gasteiger partial charge in [-0.2, -0.15) is 0 Å². The van der Waals surface area contributed by atoms with Crippen LogP contribution in [0.15, 0.2) is 41.0 Å². The molecule has 4 aromatic rings. The molecule has 2 aromatic heterocycles. The first-order valence-corrected chi connectivity index (χ1v) is 12.5. The molecule has 1 radical (unpaired) electrons. The molecule has 0 spiro atoms. The van der Waals surface area contributed by atoms with E-state index < -0.39 is 0 Å². The predicted molar refractivity (Wildman–Crippen MR) is 118 cm³/mol. The predicted octanol–water partition coefficient (Wildman–Crippen LogP) is 4.07. The molecular formula is C20H17AsBrN4OS. The number of ether oxygens (including phenoxy) is 1. The van der Waals surface area contributed by atoms with Crippen molar-refractivity contribution in [2.24, 2.45) is 0 Å². The molecule has 0 amide bonds. The van der Waals surface area contributed by atoms with Gasteiger partial charge in [0.25, 0.3) is 0 Å². The quantitative estimate of drug-likeness (QED) is 0.375. The van der Waals surface area contributed by atoms with E-state index in [2.05, 4.69) is 58.2 Å². The molecule has 2 aromatic carbocycles. The summed E-state index contributed by atoms with van der Waals surface area (Å²) in [6.07, 6.45) is 1.75. The summed E-state index contributed by atoms with van der Waals surface area (Å²) in [6, 6.07) is 10.2. The van der Waals surface area contributed by atoms with E-state index in [1.807, 2.05) is 12.1 Å². The van der Waals surface area contributed by atoms with Crippen molar-refractivity contribution >= 4 is 57.8 Å². The average molecular weight is 516 g/mol. The second-order valence-electron chi connectivity index (χ2n) is 6.31. The Morgan fingerprint density at radius 1 is 1.11 bits per heavy atom. The molecule has 2 heterocycles. The minimum absolute atomic E-state index is 0.249. The minimum atomic E-state index is -0.249. The van der Waals surface area contributed by atoms with Gasteiger partial charge in [0.05, 0.1) is 0 Å². The number of hydrogen-bond donors (Lipinski definition) is 0. The number of thiazole rings is 1. The molecule has 0 aliphatic carbocycles. The number of aryl methyl sites for hydroxylation is 2. The zero-order chi connectivity index (χ0) is 19.7. The Kier molecular flexibility index (Phi) is 5.76. The topological polar surface area (TPSA) is 60.8 Å². The first-order valence-electron chi connectivity index (χ1n) is 8.61. The number of fused-ring (bicyclic) bond motifs is 1. The van der Waals surface area contributed by atoms with Crippen molar-refractivity contribution < 1.29 is 4.74 Å². The maximum atomic E-state index is 5.28. The standard InChI is InChI=1S/C20H17AsBrN4OS/c1-11-6-13(22)7-12(2)19(11)16-10-23-26-20(25-16)21-9-18-24-15-8-14(27-3)4-5-17(15)28-18/h4-8,10H,9H2,1-3H3. The van der Waals surface area contributed by atoms with Gasteiger partial charge < -0.3 is 0 Å². The van der Waals surface area contributed by atoms with Gasteiger partial charge in [0, 0.05) is 0 Å². The average Bonchev–Trinajstić information content (AvgIpc) is 3.08. The number of nitrogens with zero attached hydrogens (tertiary/aromatic N) is 4. The van der Waals surface area contributed by atoms with E-state index in [0.717, 1.165) is 41.8 Å². The van der Waals surface area contributed by atoms with Gasteiger partial charge in [-0.1, -0.05) is 0 Å². The van der Waals surface area contributed by atoms with Crippen molar-refractivity contribution in [2.45, 2.75) is 19.1 Å². The summed E-state index contributed by atoms with van der Waals surface area (Å²) in [4.78, 5) is 9.54. The molecule has 0 atom stereocenters. The molecule has 0 fully saturated rings. The van der Waals surface area contributed by atoms with Gasteiger partial charge in [-0.15, -0.1) is 0 Å². The Morgan fingerprint density at radius 3 is 2.64 bits per heavy atom. The summed E-state index contributed by atoms with van der Waals surface area (Å²) in [5.41, 5.74) is 5.35. The van der Waals surface area contributed by atoms with Crippen LogP contribution in [0.4, 0.5) is 0 Å². The fraction of sp³-hybridized carbons (Fsp3) is 0.200. The molecule has 5 nitrogen and oxygen atoms in total. The number of benzene rings is 2. The summed E-state index contributed by atoms with van der Waals surface area (Å²) >= 11 is 5.02. The Hall–Kier alpha value is -1.82. The summed E-state index contributed by atoms with van der Waals surface area (Å²) in [5.74, 6) is 0.832. The van der Waals surface area contributed by atoms with Gasteiger partial charge in [-0.05, 0) is 0 Å². The summed E-state index contributed by atoms with van der Waals surface area (Å²) in [5, 5.41) is 10.5. The van der Waals surface area contributed by atoms with Gasteiger partial charge >= 0.3 is 183 Å². The van der Waals surface area contributed by atoms with Crippen LogP contribution in [0.2, 0.25) is 0 Å². The van der Waals surface area contributed by atoms with Gasteiger partial charge in [-0.25, -0.2) is 0 Å². The Balaban J connectivity index is 1.56. The first-order chi connectivity index (χ1) is 13.5. The van der Waals surface area contributed by atoms with E-state index in [1.54, 1.807) is 24.6 Å². The van der Waals surface area contributed by atoms with Gasteiger partial charge in [-0.3, -0.25) is 0 Å². The number of methoxy groups -OCH3 is 1. The van der Waals surface area contributed by atoms with Crippen molar-refractivity contribution in [1.29, 1.82) is 0 Å². The van der Waals surface area contributed by atoms with Crippen molar-refractivity contribution in [3.05, 3.63) is 57.1 Å². The fourth-order valence-electron chi connectivity index (χ4n) is 3.08. The van der Waals surface area contributed by atoms with Crippen molar-refractivity contribution in [3.8, 4) is 17.0 Å². The first kappa shape index (κ1) is 19.5. The van der Waals surface area contributed by atoms with E-state index in [0.29, 0.717) is 0 Å². The van der Waals surface area contributed by atoms with Crippen LogP contribution in [0.5, 0.6) is 5.75 Å². The molecule has 4 rings (SSSR count). The monoisotopic (exact) mass is 515 g/mol. The van der Waals surface area contributed by atoms with Crippen LogP contribution in [0.25, 0.3) is 21.5 Å². The number of hydrogen-bond acceptors (Lipinski definition) is 6. The van der Waals surface area contributed by atoms with Crippen LogP contribution in [0.1, 0.15) is 16.1 Å². The number of aromatic nitrogens is 4. The zero-order valence-corrected chi connectivity index (χ0v) is 19.9. The molecule has 8 heteroatoms. The summed E-state index contributed by atoms with van der Waals surface area (Å²) in [7, 11) is 1.67. The van der Waals surface area contributed by atoms with E-state index in [4.69, 9.17) is 14.7 Å². The molecule has 0 saturated heterocycles. The molecular weight excluding hydrogens is 499 g/mol. The maximum absolute atomic E-state index is 5.28. The third kappa shape index (κ3) is 4.12. The van der Waals surface area contributed by atoms with Crippen LogP contribution >= 0.6 is 27.3 Å². The Bertz CT molecular complexity index is 1140. The van der Waals surface area contributed by atoms with Gasteiger partial charge in [0.1, 0.15) is 0 Å². The molecule has 28 heavy (non-hydrogen) atoms. The Morgan fingerprint density at radius 2 is 1.89 bits per heavy atom. The van der Waals surface area contributed by atoms with Crippen LogP contribution in [-0.2, 0) is 5.21 Å². The van der Waals surface area contributed by atoms with E-state index in [-0.39, 0.29) is 15.8 Å². The summed E-state index contributed by atoms with van der Waals surface area (Å²) < 4.78 is 8.36. The molecule has 0 N–H and O–H groups in total. The fourth-order valence-corrected chi connectivity index (χ4v) is 6.66.